The van der Waals surface area contributed by atoms with Crippen LogP contribution in [-0.4, -0.2) is 26.5 Å². The molecule has 0 saturated carbocycles. The maximum atomic E-state index is 12.1. The zero-order chi connectivity index (χ0) is 15.9. The van der Waals surface area contributed by atoms with Crippen molar-refractivity contribution in [2.24, 2.45) is 0 Å². The molecule has 0 spiro atoms. The van der Waals surface area contributed by atoms with Crippen LogP contribution in [0.3, 0.4) is 0 Å². The topological polar surface area (TPSA) is 67.9 Å². The molecule has 3 rings (SSSR count). The molecule has 0 bridgehead atoms. The first kappa shape index (κ1) is 15.2. The number of thiazole rings is 1. The Bertz CT molecular complexity index is 848. The van der Waals surface area contributed by atoms with E-state index in [2.05, 4.69) is 30.9 Å². The third-order valence-corrected chi connectivity index (χ3v) is 4.11. The first-order valence-corrected chi connectivity index (χ1v) is 8.32. The van der Waals surface area contributed by atoms with E-state index in [9.17, 15) is 4.79 Å². The van der Waals surface area contributed by atoms with Crippen LogP contribution in [0.15, 0.2) is 28.3 Å². The van der Waals surface area contributed by atoms with Gasteiger partial charge in [-0.2, -0.15) is 0 Å². The number of aromatic nitrogens is 3. The minimum atomic E-state index is -0.529. The van der Waals surface area contributed by atoms with Gasteiger partial charge in [0.2, 0.25) is 5.01 Å². The maximum Gasteiger partial charge on any atom is 0.367 e. The van der Waals surface area contributed by atoms with Gasteiger partial charge in [-0.15, -0.1) is 11.3 Å². The van der Waals surface area contributed by atoms with Gasteiger partial charge in [0.25, 0.3) is 0 Å². The van der Waals surface area contributed by atoms with Gasteiger partial charge in [0.15, 0.2) is 0 Å². The van der Waals surface area contributed by atoms with Crippen LogP contribution in [0.1, 0.15) is 30.6 Å². The lowest BCUT2D eigenvalue weighted by Gasteiger charge is -2.18. The quantitative estimate of drug-likeness (QED) is 0.669. The first-order chi connectivity index (χ1) is 10.3. The van der Waals surface area contributed by atoms with Gasteiger partial charge in [0.1, 0.15) is 11.2 Å². The molecule has 0 fully saturated rings. The minimum Gasteiger partial charge on any atom is -0.455 e. The Morgan fingerprint density at radius 2 is 2.18 bits per heavy atom. The molecule has 0 radical (unpaired) electrons. The second kappa shape index (κ2) is 5.48. The number of nitrogens with zero attached hydrogens (tertiary/aromatic N) is 2. The number of pyridine rings is 1. The first-order valence-electron chi connectivity index (χ1n) is 6.65. The van der Waals surface area contributed by atoms with Crippen LogP contribution in [-0.2, 0) is 4.74 Å². The molecule has 3 heterocycles. The Labute approximate surface area is 139 Å². The number of ether oxygens (including phenoxy) is 1. The lowest BCUT2D eigenvalue weighted by molar-refractivity contribution is 0.00693. The number of esters is 1. The number of hydrogen-bond donors (Lipinski definition) is 1. The Hall–Kier alpha value is -1.73. The summed E-state index contributed by atoms with van der Waals surface area (Å²) in [6.07, 6.45) is 3.58. The van der Waals surface area contributed by atoms with Crippen molar-refractivity contribution >= 4 is 44.3 Å². The van der Waals surface area contributed by atoms with Crippen molar-refractivity contribution < 1.29 is 9.53 Å². The molecule has 0 aliphatic rings. The smallest absolute Gasteiger partial charge is 0.367 e. The summed E-state index contributed by atoms with van der Waals surface area (Å²) < 4.78 is 6.23. The van der Waals surface area contributed by atoms with Crippen molar-refractivity contribution in [3.8, 4) is 11.3 Å². The third kappa shape index (κ3) is 3.05. The Morgan fingerprint density at radius 3 is 2.91 bits per heavy atom. The summed E-state index contributed by atoms with van der Waals surface area (Å²) in [6.45, 7) is 5.51. The fourth-order valence-corrected chi connectivity index (χ4v) is 3.03. The van der Waals surface area contributed by atoms with Crippen molar-refractivity contribution in [2.45, 2.75) is 26.4 Å². The van der Waals surface area contributed by atoms with E-state index < -0.39 is 11.6 Å². The summed E-state index contributed by atoms with van der Waals surface area (Å²) in [7, 11) is 0. The Balaban J connectivity index is 1.96. The zero-order valence-corrected chi connectivity index (χ0v) is 14.7. The summed E-state index contributed by atoms with van der Waals surface area (Å²) in [5, 5.41) is 3.15. The minimum absolute atomic E-state index is 0.349. The standard InChI is InChI=1S/C15H14BrN3O2S/c1-15(2,3)21-14(20)13-19-11(7-22-13)10-6-18-12-9(10)4-8(16)5-17-12/h4-7H,1-3H3,(H,17,18). The van der Waals surface area contributed by atoms with Crippen LogP contribution in [0.5, 0.6) is 0 Å². The van der Waals surface area contributed by atoms with Crippen molar-refractivity contribution in [1.82, 2.24) is 15.0 Å². The number of fused-ring (bicyclic) bond motifs is 1. The highest BCUT2D eigenvalue weighted by Gasteiger charge is 2.21. The largest absolute Gasteiger partial charge is 0.455 e. The van der Waals surface area contributed by atoms with Gasteiger partial charge in [-0.3, -0.25) is 0 Å². The summed E-state index contributed by atoms with van der Waals surface area (Å²) in [6, 6.07) is 1.97. The summed E-state index contributed by atoms with van der Waals surface area (Å²) in [4.78, 5) is 23.9. The second-order valence-electron chi connectivity index (χ2n) is 5.79. The lowest BCUT2D eigenvalue weighted by atomic mass is 10.2. The van der Waals surface area contributed by atoms with Crippen molar-refractivity contribution in [1.29, 1.82) is 0 Å². The number of aromatic amines is 1. The van der Waals surface area contributed by atoms with E-state index in [1.807, 2.05) is 38.4 Å². The van der Waals surface area contributed by atoms with Crippen LogP contribution in [0.4, 0.5) is 0 Å². The highest BCUT2D eigenvalue weighted by molar-refractivity contribution is 9.10. The van der Waals surface area contributed by atoms with Gasteiger partial charge in [0, 0.05) is 33.2 Å². The number of halogens is 1. The molecule has 1 N–H and O–H groups in total. The van der Waals surface area contributed by atoms with E-state index in [1.165, 1.54) is 11.3 Å². The number of rotatable bonds is 2. The molecule has 5 nitrogen and oxygen atoms in total. The van der Waals surface area contributed by atoms with Gasteiger partial charge >= 0.3 is 5.97 Å². The van der Waals surface area contributed by atoms with E-state index >= 15 is 0 Å². The highest BCUT2D eigenvalue weighted by atomic mass is 79.9. The Morgan fingerprint density at radius 1 is 1.41 bits per heavy atom. The predicted octanol–water partition coefficient (Wildman–Crippen LogP) is 4.40. The molecule has 0 aliphatic heterocycles. The molecule has 3 aromatic rings. The summed E-state index contributed by atoms with van der Waals surface area (Å²) in [5.74, 6) is -0.400. The number of hydrogen-bond acceptors (Lipinski definition) is 5. The lowest BCUT2D eigenvalue weighted by Crippen LogP contribution is -2.23. The molecule has 114 valence electrons. The molecular formula is C15H14BrN3O2S. The van der Waals surface area contributed by atoms with E-state index in [0.717, 1.165) is 26.8 Å². The predicted molar refractivity (Wildman–Crippen MR) is 90.1 cm³/mol. The van der Waals surface area contributed by atoms with Gasteiger partial charge in [-0.25, -0.2) is 14.8 Å². The maximum absolute atomic E-state index is 12.1. The van der Waals surface area contributed by atoms with Gasteiger partial charge in [-0.05, 0) is 42.8 Å². The number of carbonyl (C=O) groups excluding carboxylic acids is 1. The average molecular weight is 380 g/mol. The van der Waals surface area contributed by atoms with Gasteiger partial charge in [0.05, 0.1) is 5.69 Å². The second-order valence-corrected chi connectivity index (χ2v) is 7.57. The SMILES string of the molecule is CC(C)(C)OC(=O)c1nc(-c2c[nH]c3ncc(Br)cc23)cs1. The third-order valence-electron chi connectivity index (χ3n) is 2.85. The van der Waals surface area contributed by atoms with E-state index in [1.54, 1.807) is 6.20 Å². The van der Waals surface area contributed by atoms with Gasteiger partial charge in [-0.1, -0.05) is 0 Å². The monoisotopic (exact) mass is 379 g/mol. The van der Waals surface area contributed by atoms with Gasteiger partial charge < -0.3 is 9.72 Å². The van der Waals surface area contributed by atoms with Crippen molar-refractivity contribution in [3.05, 3.63) is 33.3 Å². The zero-order valence-electron chi connectivity index (χ0n) is 12.3. The number of carbonyl (C=O) groups is 1. The molecule has 7 heteroatoms. The normalized spacial score (nSPS) is 11.8. The van der Waals surface area contributed by atoms with Crippen LogP contribution in [0, 0.1) is 0 Å². The van der Waals surface area contributed by atoms with Crippen LogP contribution < -0.4 is 0 Å². The number of nitrogens with one attached hydrogen (secondary N) is 1. The van der Waals surface area contributed by atoms with E-state index in [4.69, 9.17) is 4.74 Å². The van der Waals surface area contributed by atoms with Crippen LogP contribution >= 0.6 is 27.3 Å². The number of H-pyrrole nitrogens is 1. The molecule has 22 heavy (non-hydrogen) atoms. The van der Waals surface area contributed by atoms with E-state index in [0.29, 0.717) is 5.01 Å². The molecule has 0 unspecified atom stereocenters. The fourth-order valence-electron chi connectivity index (χ4n) is 2.00. The molecule has 3 aromatic heterocycles. The summed E-state index contributed by atoms with van der Waals surface area (Å²) >= 11 is 4.69. The highest BCUT2D eigenvalue weighted by Crippen LogP contribution is 2.30. The molecule has 0 aliphatic carbocycles. The molecular weight excluding hydrogens is 366 g/mol. The van der Waals surface area contributed by atoms with Crippen LogP contribution in [0.25, 0.3) is 22.3 Å². The van der Waals surface area contributed by atoms with Crippen LogP contribution in [0.2, 0.25) is 0 Å². The van der Waals surface area contributed by atoms with Crippen molar-refractivity contribution in [2.75, 3.05) is 0 Å². The molecule has 0 atom stereocenters. The molecule has 0 amide bonds. The molecule has 0 aromatic carbocycles. The summed E-state index contributed by atoms with van der Waals surface area (Å²) in [5.41, 5.74) is 1.90. The average Bonchev–Trinajstić information content (AvgIpc) is 3.01. The van der Waals surface area contributed by atoms with Crippen molar-refractivity contribution in [3.63, 3.8) is 0 Å². The van der Waals surface area contributed by atoms with E-state index in [-0.39, 0.29) is 0 Å². The Kier molecular flexibility index (Phi) is 3.78. The fraction of sp³-hybridized carbons (Fsp3) is 0.267. The molecule has 0 saturated heterocycles.